The molecule has 0 heterocycles. The van der Waals surface area contributed by atoms with Crippen LogP contribution in [-0.4, -0.2) is 11.9 Å². The number of anilines is 1. The number of carbonyl (C=O) groups is 1. The Morgan fingerprint density at radius 1 is 1.20 bits per heavy atom. The molecule has 0 radical (unpaired) electrons. The molecule has 3 heteroatoms. The van der Waals surface area contributed by atoms with Crippen molar-refractivity contribution in [3.63, 3.8) is 0 Å². The molecule has 1 unspecified atom stereocenters. The minimum absolute atomic E-state index is 0.00673. The van der Waals surface area contributed by atoms with Gasteiger partial charge < -0.3 is 11.1 Å². The molecular weight excluding hydrogens is 248 g/mol. The Morgan fingerprint density at radius 2 is 1.85 bits per heavy atom. The zero-order chi connectivity index (χ0) is 14.7. The Bertz CT molecular complexity index is 490. The number of nitrogen functional groups attached to an aromatic ring is 1. The van der Waals surface area contributed by atoms with Crippen LogP contribution in [-0.2, 0) is 0 Å². The maximum absolute atomic E-state index is 12.4. The number of amides is 1. The molecule has 1 atom stereocenters. The molecule has 1 saturated carbocycles. The van der Waals surface area contributed by atoms with E-state index in [-0.39, 0.29) is 11.9 Å². The maximum atomic E-state index is 12.4. The Kier molecular flexibility index (Phi) is 4.69. The minimum atomic E-state index is 0.00673. The van der Waals surface area contributed by atoms with E-state index in [1.54, 1.807) is 6.07 Å². The summed E-state index contributed by atoms with van der Waals surface area (Å²) in [6, 6.07) is 4.02. The third-order valence-corrected chi connectivity index (χ3v) is 4.57. The highest BCUT2D eigenvalue weighted by Gasteiger charge is 2.22. The molecule has 1 aliphatic rings. The van der Waals surface area contributed by atoms with Crippen LogP contribution in [0.5, 0.6) is 0 Å². The Morgan fingerprint density at radius 3 is 2.50 bits per heavy atom. The van der Waals surface area contributed by atoms with Gasteiger partial charge in [-0.2, -0.15) is 0 Å². The number of benzene rings is 1. The fraction of sp³-hybridized carbons (Fsp3) is 0.588. The van der Waals surface area contributed by atoms with Crippen molar-refractivity contribution in [2.75, 3.05) is 5.73 Å². The van der Waals surface area contributed by atoms with Crippen LogP contribution in [0.25, 0.3) is 0 Å². The third kappa shape index (κ3) is 3.33. The van der Waals surface area contributed by atoms with Gasteiger partial charge in [0.05, 0.1) is 0 Å². The highest BCUT2D eigenvalue weighted by Crippen LogP contribution is 2.26. The van der Waals surface area contributed by atoms with Gasteiger partial charge in [-0.1, -0.05) is 25.3 Å². The molecule has 110 valence electrons. The second kappa shape index (κ2) is 6.29. The van der Waals surface area contributed by atoms with Gasteiger partial charge in [0, 0.05) is 17.3 Å². The lowest BCUT2D eigenvalue weighted by Gasteiger charge is -2.28. The van der Waals surface area contributed by atoms with E-state index in [9.17, 15) is 4.79 Å². The minimum Gasteiger partial charge on any atom is -0.398 e. The van der Waals surface area contributed by atoms with Crippen molar-refractivity contribution in [1.29, 1.82) is 0 Å². The number of nitrogens with one attached hydrogen (secondary N) is 1. The van der Waals surface area contributed by atoms with Crippen molar-refractivity contribution < 1.29 is 4.79 Å². The first kappa shape index (κ1) is 14.9. The highest BCUT2D eigenvalue weighted by atomic mass is 16.1. The molecule has 0 spiro atoms. The van der Waals surface area contributed by atoms with Crippen molar-refractivity contribution >= 4 is 11.6 Å². The molecular formula is C17H26N2O. The van der Waals surface area contributed by atoms with E-state index in [1.807, 2.05) is 19.9 Å². The van der Waals surface area contributed by atoms with Gasteiger partial charge in [-0.3, -0.25) is 4.79 Å². The fourth-order valence-electron chi connectivity index (χ4n) is 3.15. The van der Waals surface area contributed by atoms with Crippen molar-refractivity contribution in [2.45, 2.75) is 58.9 Å². The van der Waals surface area contributed by atoms with Crippen LogP contribution in [0.3, 0.4) is 0 Å². The quantitative estimate of drug-likeness (QED) is 0.828. The summed E-state index contributed by atoms with van der Waals surface area (Å²) < 4.78 is 0. The lowest BCUT2D eigenvalue weighted by Crippen LogP contribution is -2.39. The van der Waals surface area contributed by atoms with E-state index in [4.69, 9.17) is 5.73 Å². The monoisotopic (exact) mass is 274 g/mol. The van der Waals surface area contributed by atoms with E-state index in [2.05, 4.69) is 12.2 Å². The SMILES string of the molecule is Cc1cc(C)c(C(=O)NC(C)C2CCCCC2)cc1N. The summed E-state index contributed by atoms with van der Waals surface area (Å²) in [4.78, 5) is 12.4. The van der Waals surface area contributed by atoms with Crippen molar-refractivity contribution in [2.24, 2.45) is 5.92 Å². The molecule has 0 saturated heterocycles. The molecule has 1 aromatic rings. The number of nitrogens with two attached hydrogens (primary N) is 1. The first-order valence-electron chi connectivity index (χ1n) is 7.66. The number of hydrogen-bond acceptors (Lipinski definition) is 2. The summed E-state index contributed by atoms with van der Waals surface area (Å²) >= 11 is 0. The zero-order valence-corrected chi connectivity index (χ0v) is 12.8. The van der Waals surface area contributed by atoms with Gasteiger partial charge in [-0.15, -0.1) is 0 Å². The van der Waals surface area contributed by atoms with E-state index in [1.165, 1.54) is 32.1 Å². The molecule has 1 fully saturated rings. The van der Waals surface area contributed by atoms with Crippen LogP contribution < -0.4 is 11.1 Å². The predicted molar refractivity (Wildman–Crippen MR) is 83.8 cm³/mol. The van der Waals surface area contributed by atoms with E-state index in [0.29, 0.717) is 17.2 Å². The van der Waals surface area contributed by atoms with E-state index < -0.39 is 0 Å². The number of aryl methyl sites for hydroxylation is 2. The summed E-state index contributed by atoms with van der Waals surface area (Å²) in [6.45, 7) is 6.06. The van der Waals surface area contributed by atoms with Gasteiger partial charge in [-0.05, 0) is 56.7 Å². The van der Waals surface area contributed by atoms with Gasteiger partial charge in [0.2, 0.25) is 0 Å². The molecule has 0 aliphatic heterocycles. The lowest BCUT2D eigenvalue weighted by atomic mass is 9.84. The second-order valence-electron chi connectivity index (χ2n) is 6.18. The summed E-state index contributed by atoms with van der Waals surface area (Å²) in [5.41, 5.74) is 9.33. The average molecular weight is 274 g/mol. The Balaban J connectivity index is 2.06. The predicted octanol–water partition coefficient (Wildman–Crippen LogP) is 3.58. The van der Waals surface area contributed by atoms with Gasteiger partial charge in [0.15, 0.2) is 0 Å². The maximum Gasteiger partial charge on any atom is 0.251 e. The van der Waals surface area contributed by atoms with Gasteiger partial charge in [0.25, 0.3) is 5.91 Å². The lowest BCUT2D eigenvalue weighted by molar-refractivity contribution is 0.0918. The summed E-state index contributed by atoms with van der Waals surface area (Å²) in [7, 11) is 0. The smallest absolute Gasteiger partial charge is 0.251 e. The fourth-order valence-corrected chi connectivity index (χ4v) is 3.15. The molecule has 20 heavy (non-hydrogen) atoms. The van der Waals surface area contributed by atoms with Gasteiger partial charge in [0.1, 0.15) is 0 Å². The molecule has 1 aromatic carbocycles. The molecule has 2 rings (SSSR count). The van der Waals surface area contributed by atoms with Crippen LogP contribution in [0, 0.1) is 19.8 Å². The van der Waals surface area contributed by atoms with Crippen molar-refractivity contribution in [1.82, 2.24) is 5.32 Å². The number of rotatable bonds is 3. The van der Waals surface area contributed by atoms with Crippen LogP contribution in [0.4, 0.5) is 5.69 Å². The van der Waals surface area contributed by atoms with Crippen LogP contribution in [0.15, 0.2) is 12.1 Å². The first-order valence-corrected chi connectivity index (χ1v) is 7.66. The van der Waals surface area contributed by atoms with Gasteiger partial charge in [-0.25, -0.2) is 0 Å². The van der Waals surface area contributed by atoms with Crippen LogP contribution in [0.2, 0.25) is 0 Å². The Hall–Kier alpha value is -1.51. The van der Waals surface area contributed by atoms with Crippen molar-refractivity contribution in [3.05, 3.63) is 28.8 Å². The van der Waals surface area contributed by atoms with E-state index in [0.717, 1.165) is 11.1 Å². The zero-order valence-electron chi connectivity index (χ0n) is 12.8. The molecule has 3 nitrogen and oxygen atoms in total. The molecule has 0 bridgehead atoms. The van der Waals surface area contributed by atoms with Crippen LogP contribution in [0.1, 0.15) is 60.5 Å². The number of hydrogen-bond donors (Lipinski definition) is 2. The molecule has 1 aliphatic carbocycles. The van der Waals surface area contributed by atoms with E-state index >= 15 is 0 Å². The number of carbonyl (C=O) groups excluding carboxylic acids is 1. The topological polar surface area (TPSA) is 55.1 Å². The Labute approximate surface area is 121 Å². The van der Waals surface area contributed by atoms with Crippen molar-refractivity contribution in [3.8, 4) is 0 Å². The average Bonchev–Trinajstić information content (AvgIpc) is 2.43. The normalized spacial score (nSPS) is 17.8. The highest BCUT2D eigenvalue weighted by molar-refractivity contribution is 5.96. The molecule has 1 amide bonds. The van der Waals surface area contributed by atoms with Crippen LogP contribution >= 0.6 is 0 Å². The standard InChI is InChI=1S/C17H26N2O/c1-11-9-12(2)16(18)10-15(11)17(20)19-13(3)14-7-5-4-6-8-14/h9-10,13-14H,4-8,18H2,1-3H3,(H,19,20). The third-order valence-electron chi connectivity index (χ3n) is 4.57. The first-order chi connectivity index (χ1) is 9.49. The molecule has 3 N–H and O–H groups in total. The summed E-state index contributed by atoms with van der Waals surface area (Å²) in [6.07, 6.45) is 6.39. The summed E-state index contributed by atoms with van der Waals surface area (Å²) in [5.74, 6) is 0.628. The largest absolute Gasteiger partial charge is 0.398 e. The second-order valence-corrected chi connectivity index (χ2v) is 6.18. The summed E-state index contributed by atoms with van der Waals surface area (Å²) in [5, 5.41) is 3.16. The molecule has 0 aromatic heterocycles. The van der Waals surface area contributed by atoms with Gasteiger partial charge >= 0.3 is 0 Å².